The first-order chi connectivity index (χ1) is 6.86. The van der Waals surface area contributed by atoms with E-state index in [1.54, 1.807) is 0 Å². The maximum absolute atomic E-state index is 4.44. The van der Waals surface area contributed by atoms with E-state index in [1.807, 2.05) is 17.0 Å². The van der Waals surface area contributed by atoms with Gasteiger partial charge in [0.25, 0.3) is 0 Å². The van der Waals surface area contributed by atoms with E-state index >= 15 is 0 Å². The van der Waals surface area contributed by atoms with Crippen molar-refractivity contribution >= 4 is 0 Å². The molecule has 0 aliphatic heterocycles. The Kier molecular flexibility index (Phi) is 5.00. The third kappa shape index (κ3) is 3.75. The van der Waals surface area contributed by atoms with Crippen LogP contribution in [0, 0.1) is 0 Å². The quantitative estimate of drug-likeness (QED) is 0.530. The number of aromatic nitrogens is 2. The van der Waals surface area contributed by atoms with Gasteiger partial charge in [-0.1, -0.05) is 13.0 Å². The van der Waals surface area contributed by atoms with Crippen LogP contribution in [-0.2, 0) is 13.1 Å². The molecule has 1 rings (SSSR count). The van der Waals surface area contributed by atoms with Gasteiger partial charge >= 0.3 is 0 Å². The van der Waals surface area contributed by atoms with Gasteiger partial charge in [-0.25, -0.2) is 0 Å². The molecule has 1 aromatic rings. The highest BCUT2D eigenvalue weighted by molar-refractivity contribution is 4.98. The van der Waals surface area contributed by atoms with Crippen molar-refractivity contribution in [2.24, 2.45) is 0 Å². The predicted molar refractivity (Wildman–Crippen MR) is 59.0 cm³/mol. The van der Waals surface area contributed by atoms with Crippen molar-refractivity contribution in [1.29, 1.82) is 0 Å². The molecule has 0 bridgehead atoms. The van der Waals surface area contributed by atoms with Crippen LogP contribution in [-0.4, -0.2) is 16.3 Å². The number of nitrogens with zero attached hydrogens (tertiary/aromatic N) is 2. The van der Waals surface area contributed by atoms with Gasteiger partial charge in [-0.3, -0.25) is 4.68 Å². The Bertz CT molecular complexity index is 265. The summed E-state index contributed by atoms with van der Waals surface area (Å²) < 4.78 is 2.00. The molecule has 0 aliphatic carbocycles. The average Bonchev–Trinajstić information content (AvgIpc) is 2.63. The van der Waals surface area contributed by atoms with E-state index in [9.17, 15) is 0 Å². The molecule has 0 radical (unpaired) electrons. The highest BCUT2D eigenvalue weighted by atomic mass is 15.3. The molecule has 1 N–H and O–H groups in total. The molecule has 0 saturated carbocycles. The van der Waals surface area contributed by atoms with Crippen molar-refractivity contribution in [3.8, 4) is 0 Å². The van der Waals surface area contributed by atoms with Gasteiger partial charge in [0.1, 0.15) is 0 Å². The first kappa shape index (κ1) is 11.0. The Morgan fingerprint density at radius 3 is 3.21 bits per heavy atom. The fourth-order valence-corrected chi connectivity index (χ4v) is 1.27. The lowest BCUT2D eigenvalue weighted by Gasteiger charge is -1.99. The Morgan fingerprint density at radius 1 is 1.64 bits per heavy atom. The lowest BCUT2D eigenvalue weighted by Crippen LogP contribution is -2.12. The largest absolute Gasteiger partial charge is 0.311 e. The zero-order valence-electron chi connectivity index (χ0n) is 8.87. The highest BCUT2D eigenvalue weighted by Crippen LogP contribution is 1.98. The summed E-state index contributed by atoms with van der Waals surface area (Å²) in [7, 11) is 0. The monoisotopic (exact) mass is 193 g/mol. The first-order valence-corrected chi connectivity index (χ1v) is 5.20. The van der Waals surface area contributed by atoms with Crippen LogP contribution in [0.15, 0.2) is 24.9 Å². The average molecular weight is 193 g/mol. The third-order valence-corrected chi connectivity index (χ3v) is 2.05. The number of aryl methyl sites for hydroxylation is 1. The highest BCUT2D eigenvalue weighted by Gasteiger charge is 1.96. The van der Waals surface area contributed by atoms with Crippen molar-refractivity contribution in [2.45, 2.75) is 32.9 Å². The van der Waals surface area contributed by atoms with Gasteiger partial charge in [-0.15, -0.1) is 6.58 Å². The number of rotatable bonds is 7. The Balaban J connectivity index is 2.31. The van der Waals surface area contributed by atoms with E-state index in [0.717, 1.165) is 38.2 Å². The van der Waals surface area contributed by atoms with Crippen LogP contribution in [0.25, 0.3) is 0 Å². The van der Waals surface area contributed by atoms with Crippen LogP contribution in [0.2, 0.25) is 0 Å². The number of hydrogen-bond donors (Lipinski definition) is 1. The molecule has 0 fully saturated rings. The molecule has 0 unspecified atom stereocenters. The molecule has 1 aromatic heterocycles. The lowest BCUT2D eigenvalue weighted by atomic mass is 10.3. The van der Waals surface area contributed by atoms with Crippen LogP contribution in [0.3, 0.4) is 0 Å². The van der Waals surface area contributed by atoms with Crippen molar-refractivity contribution in [3.63, 3.8) is 0 Å². The topological polar surface area (TPSA) is 29.9 Å². The normalized spacial score (nSPS) is 10.4. The summed E-state index contributed by atoms with van der Waals surface area (Å²) in [5.41, 5.74) is 1.12. The molecule has 0 atom stereocenters. The molecule has 14 heavy (non-hydrogen) atoms. The molecule has 3 nitrogen and oxygen atoms in total. The van der Waals surface area contributed by atoms with Gasteiger partial charge < -0.3 is 5.32 Å². The minimum atomic E-state index is 0.866. The Morgan fingerprint density at radius 2 is 2.50 bits per heavy atom. The maximum atomic E-state index is 4.44. The minimum absolute atomic E-state index is 0.866. The van der Waals surface area contributed by atoms with Crippen molar-refractivity contribution < 1.29 is 0 Å². The maximum Gasteiger partial charge on any atom is 0.0762 e. The lowest BCUT2D eigenvalue weighted by molar-refractivity contribution is 0.570. The second-order valence-electron chi connectivity index (χ2n) is 3.28. The van der Waals surface area contributed by atoms with Gasteiger partial charge in [0.15, 0.2) is 0 Å². The van der Waals surface area contributed by atoms with Crippen LogP contribution >= 0.6 is 0 Å². The second-order valence-corrected chi connectivity index (χ2v) is 3.28. The molecule has 0 aliphatic rings. The predicted octanol–water partition coefficient (Wildman–Crippen LogP) is 1.96. The summed E-state index contributed by atoms with van der Waals surface area (Å²) in [5.74, 6) is 0. The SMILES string of the molecule is C=CCCCn1ccc(CNCC)n1. The van der Waals surface area contributed by atoms with Gasteiger partial charge in [-0.2, -0.15) is 5.10 Å². The van der Waals surface area contributed by atoms with Crippen LogP contribution in [0.4, 0.5) is 0 Å². The third-order valence-electron chi connectivity index (χ3n) is 2.05. The summed E-state index contributed by atoms with van der Waals surface area (Å²) >= 11 is 0. The summed E-state index contributed by atoms with van der Waals surface area (Å²) in [6.45, 7) is 8.64. The van der Waals surface area contributed by atoms with E-state index in [0.29, 0.717) is 0 Å². The van der Waals surface area contributed by atoms with E-state index in [1.165, 1.54) is 0 Å². The van der Waals surface area contributed by atoms with E-state index < -0.39 is 0 Å². The molecule has 0 amide bonds. The summed E-state index contributed by atoms with van der Waals surface area (Å²) in [5, 5.41) is 7.69. The Hall–Kier alpha value is -1.09. The fourth-order valence-electron chi connectivity index (χ4n) is 1.27. The van der Waals surface area contributed by atoms with Gasteiger partial charge in [0.2, 0.25) is 0 Å². The smallest absolute Gasteiger partial charge is 0.0762 e. The summed E-state index contributed by atoms with van der Waals surface area (Å²) in [4.78, 5) is 0. The molecular formula is C11H19N3. The molecule has 3 heteroatoms. The molecule has 0 aromatic carbocycles. The number of hydrogen-bond acceptors (Lipinski definition) is 2. The molecule has 0 spiro atoms. The minimum Gasteiger partial charge on any atom is -0.311 e. The first-order valence-electron chi connectivity index (χ1n) is 5.20. The molecule has 0 saturated heterocycles. The Labute approximate surface area is 85.8 Å². The van der Waals surface area contributed by atoms with E-state index in [4.69, 9.17) is 0 Å². The van der Waals surface area contributed by atoms with Gasteiger partial charge in [-0.05, 0) is 25.5 Å². The number of unbranched alkanes of at least 4 members (excludes halogenated alkanes) is 1. The van der Waals surface area contributed by atoms with Gasteiger partial charge in [0.05, 0.1) is 5.69 Å². The summed E-state index contributed by atoms with van der Waals surface area (Å²) in [6.07, 6.45) is 6.16. The van der Waals surface area contributed by atoms with Crippen LogP contribution in [0.5, 0.6) is 0 Å². The van der Waals surface area contributed by atoms with Crippen molar-refractivity contribution in [3.05, 3.63) is 30.6 Å². The molecule has 78 valence electrons. The standard InChI is InChI=1S/C11H19N3/c1-3-5-6-8-14-9-7-11(13-14)10-12-4-2/h3,7,9,12H,1,4-6,8,10H2,2H3. The van der Waals surface area contributed by atoms with Gasteiger partial charge in [0, 0.05) is 19.3 Å². The zero-order valence-corrected chi connectivity index (χ0v) is 8.87. The zero-order chi connectivity index (χ0) is 10.2. The number of nitrogens with one attached hydrogen (secondary N) is 1. The summed E-state index contributed by atoms with van der Waals surface area (Å²) in [6, 6.07) is 2.07. The van der Waals surface area contributed by atoms with Crippen LogP contribution in [0.1, 0.15) is 25.5 Å². The molecular weight excluding hydrogens is 174 g/mol. The fraction of sp³-hybridized carbons (Fsp3) is 0.545. The number of allylic oxidation sites excluding steroid dienone is 1. The second kappa shape index (κ2) is 6.38. The molecule has 1 heterocycles. The van der Waals surface area contributed by atoms with Crippen LogP contribution < -0.4 is 5.32 Å². The van der Waals surface area contributed by atoms with Crippen molar-refractivity contribution in [1.82, 2.24) is 15.1 Å². The van der Waals surface area contributed by atoms with E-state index in [-0.39, 0.29) is 0 Å². The van der Waals surface area contributed by atoms with E-state index in [2.05, 4.69) is 30.0 Å². The van der Waals surface area contributed by atoms with Crippen molar-refractivity contribution in [2.75, 3.05) is 6.54 Å².